The predicted octanol–water partition coefficient (Wildman–Crippen LogP) is 2.25. The lowest BCUT2D eigenvalue weighted by Gasteiger charge is -2.11. The molecule has 28 heavy (non-hydrogen) atoms. The van der Waals surface area contributed by atoms with Gasteiger partial charge in [0.05, 0.1) is 12.4 Å². The summed E-state index contributed by atoms with van der Waals surface area (Å²) in [5.41, 5.74) is 10.4. The van der Waals surface area contributed by atoms with Crippen molar-refractivity contribution in [1.29, 1.82) is 0 Å². The minimum absolute atomic E-state index is 0.419. The molecule has 0 aliphatic carbocycles. The van der Waals surface area contributed by atoms with E-state index in [1.807, 2.05) is 76.7 Å². The first-order chi connectivity index (χ1) is 13.4. The SMILES string of the molecule is CN(C)c1ccc(/C=N/n2cc[n+](/N=C/c3ccc(N(C)C)cc3)c2N)cc1. The largest absolute Gasteiger partial charge is 0.403 e. The summed E-state index contributed by atoms with van der Waals surface area (Å²) >= 11 is 0. The molecule has 0 saturated heterocycles. The molecule has 0 amide bonds. The van der Waals surface area contributed by atoms with Gasteiger partial charge in [0, 0.05) is 39.6 Å². The number of benzene rings is 2. The molecule has 1 heterocycles. The summed E-state index contributed by atoms with van der Waals surface area (Å²) in [5.74, 6) is 0.419. The van der Waals surface area contributed by atoms with Crippen LogP contribution in [-0.4, -0.2) is 45.3 Å². The Balaban J connectivity index is 1.70. The molecule has 0 bridgehead atoms. The van der Waals surface area contributed by atoms with Crippen molar-refractivity contribution >= 4 is 29.8 Å². The maximum atomic E-state index is 6.14. The third-order valence-electron chi connectivity index (χ3n) is 4.30. The van der Waals surface area contributed by atoms with E-state index < -0.39 is 0 Å². The van der Waals surface area contributed by atoms with E-state index in [0.29, 0.717) is 5.95 Å². The van der Waals surface area contributed by atoms with Crippen molar-refractivity contribution in [2.45, 2.75) is 0 Å². The Kier molecular flexibility index (Phi) is 5.74. The van der Waals surface area contributed by atoms with E-state index in [-0.39, 0.29) is 0 Å². The van der Waals surface area contributed by atoms with Gasteiger partial charge in [-0.25, -0.2) is 0 Å². The number of rotatable bonds is 6. The average molecular weight is 376 g/mol. The molecule has 0 spiro atoms. The Bertz CT molecular complexity index is 886. The number of nitrogen functional groups attached to an aromatic ring is 1. The summed E-state index contributed by atoms with van der Waals surface area (Å²) < 4.78 is 3.18. The highest BCUT2D eigenvalue weighted by molar-refractivity contribution is 5.80. The predicted molar refractivity (Wildman–Crippen MR) is 117 cm³/mol. The first-order valence-electron chi connectivity index (χ1n) is 8.96. The van der Waals surface area contributed by atoms with Crippen LogP contribution in [0.3, 0.4) is 0 Å². The first-order valence-corrected chi connectivity index (χ1v) is 8.96. The Hall–Kier alpha value is -3.61. The monoisotopic (exact) mass is 376 g/mol. The highest BCUT2D eigenvalue weighted by Gasteiger charge is 2.10. The van der Waals surface area contributed by atoms with Gasteiger partial charge in [0.2, 0.25) is 0 Å². The van der Waals surface area contributed by atoms with Crippen LogP contribution in [0.4, 0.5) is 17.3 Å². The van der Waals surface area contributed by atoms with Gasteiger partial charge in [-0.2, -0.15) is 0 Å². The second-order valence-corrected chi connectivity index (χ2v) is 6.81. The van der Waals surface area contributed by atoms with Crippen molar-refractivity contribution in [3.05, 3.63) is 72.1 Å². The van der Waals surface area contributed by atoms with Crippen molar-refractivity contribution in [3.8, 4) is 0 Å². The van der Waals surface area contributed by atoms with Crippen molar-refractivity contribution < 1.29 is 4.68 Å². The van der Waals surface area contributed by atoms with E-state index in [0.717, 1.165) is 22.5 Å². The topological polar surface area (TPSA) is 66.0 Å². The quantitative estimate of drug-likeness (QED) is 0.530. The number of hydrogen-bond donors (Lipinski definition) is 1. The normalized spacial score (nSPS) is 11.4. The van der Waals surface area contributed by atoms with E-state index in [2.05, 4.69) is 20.0 Å². The van der Waals surface area contributed by atoms with Crippen LogP contribution in [0.2, 0.25) is 0 Å². The number of nitrogens with zero attached hydrogens (tertiary/aromatic N) is 6. The molecule has 0 aliphatic heterocycles. The van der Waals surface area contributed by atoms with Gasteiger partial charge in [-0.05, 0) is 35.4 Å². The smallest absolute Gasteiger partial charge is 0.378 e. The lowest BCUT2D eigenvalue weighted by molar-refractivity contribution is -0.662. The molecule has 2 N–H and O–H groups in total. The fourth-order valence-corrected chi connectivity index (χ4v) is 2.55. The zero-order chi connectivity index (χ0) is 20.1. The van der Waals surface area contributed by atoms with Crippen LogP contribution in [0, 0.1) is 0 Å². The van der Waals surface area contributed by atoms with Crippen molar-refractivity contribution in [2.75, 3.05) is 43.7 Å². The Labute approximate surface area is 165 Å². The third kappa shape index (κ3) is 4.56. The second kappa shape index (κ2) is 8.39. The van der Waals surface area contributed by atoms with Gasteiger partial charge in [-0.1, -0.05) is 24.3 Å². The van der Waals surface area contributed by atoms with Crippen LogP contribution in [0.25, 0.3) is 0 Å². The van der Waals surface area contributed by atoms with E-state index in [9.17, 15) is 0 Å². The standard InChI is InChI=1S/C21H25N7/c1-25(2)19-9-5-17(6-10-19)15-23-27-13-14-28(21(27)22)24-16-18-7-11-20(12-8-18)26(3)4/h5-16,22H,1-4H3/p+1/b23-15+,24-16+. The fraction of sp³-hybridized carbons (Fsp3) is 0.190. The molecule has 0 saturated carbocycles. The highest BCUT2D eigenvalue weighted by atomic mass is 15.5. The maximum Gasteiger partial charge on any atom is 0.403 e. The minimum atomic E-state index is 0.419. The molecule has 0 radical (unpaired) electrons. The molecule has 0 fully saturated rings. The minimum Gasteiger partial charge on any atom is -0.378 e. The molecule has 3 aromatic rings. The van der Waals surface area contributed by atoms with Crippen LogP contribution in [0.15, 0.2) is 71.1 Å². The second-order valence-electron chi connectivity index (χ2n) is 6.81. The van der Waals surface area contributed by atoms with Gasteiger partial charge in [0.15, 0.2) is 0 Å². The van der Waals surface area contributed by atoms with Gasteiger partial charge < -0.3 is 9.80 Å². The summed E-state index contributed by atoms with van der Waals surface area (Å²) in [6.07, 6.45) is 7.08. The van der Waals surface area contributed by atoms with Crippen molar-refractivity contribution in [2.24, 2.45) is 10.2 Å². The van der Waals surface area contributed by atoms with Gasteiger partial charge in [-0.15, -0.1) is 19.6 Å². The van der Waals surface area contributed by atoms with Crippen LogP contribution < -0.4 is 20.2 Å². The van der Waals surface area contributed by atoms with Crippen LogP contribution >= 0.6 is 0 Å². The first kappa shape index (κ1) is 19.2. The van der Waals surface area contributed by atoms with Gasteiger partial charge in [0.1, 0.15) is 12.4 Å². The van der Waals surface area contributed by atoms with Gasteiger partial charge >= 0.3 is 5.95 Å². The zero-order valence-electron chi connectivity index (χ0n) is 16.7. The molecule has 2 aromatic carbocycles. The molecular weight excluding hydrogens is 350 g/mol. The number of hydrogen-bond acceptors (Lipinski definition) is 5. The van der Waals surface area contributed by atoms with Gasteiger partial charge in [0.25, 0.3) is 0 Å². The summed E-state index contributed by atoms with van der Waals surface area (Å²) in [5, 5.41) is 8.82. The van der Waals surface area contributed by atoms with E-state index in [1.165, 1.54) is 0 Å². The molecule has 144 valence electrons. The summed E-state index contributed by atoms with van der Waals surface area (Å²) in [6, 6.07) is 16.3. The highest BCUT2D eigenvalue weighted by Crippen LogP contribution is 2.12. The zero-order valence-corrected chi connectivity index (χ0v) is 16.7. The summed E-state index contributed by atoms with van der Waals surface area (Å²) in [7, 11) is 8.05. The molecule has 0 unspecified atom stereocenters. The van der Waals surface area contributed by atoms with Crippen molar-refractivity contribution in [1.82, 2.24) is 4.68 Å². The molecule has 0 atom stereocenters. The Morgan fingerprint density at radius 2 is 1.32 bits per heavy atom. The summed E-state index contributed by atoms with van der Waals surface area (Å²) in [6.45, 7) is 0. The number of imidazole rings is 1. The molecular formula is C21H26N7+. The maximum absolute atomic E-state index is 6.14. The number of anilines is 3. The fourth-order valence-electron chi connectivity index (χ4n) is 2.55. The van der Waals surface area contributed by atoms with E-state index >= 15 is 0 Å². The third-order valence-corrected chi connectivity index (χ3v) is 4.30. The van der Waals surface area contributed by atoms with Crippen molar-refractivity contribution in [3.63, 3.8) is 0 Å². The molecule has 0 aliphatic rings. The lowest BCUT2D eigenvalue weighted by Crippen LogP contribution is -2.30. The van der Waals surface area contributed by atoms with Crippen LogP contribution in [-0.2, 0) is 0 Å². The Morgan fingerprint density at radius 3 is 1.82 bits per heavy atom. The number of nitrogens with two attached hydrogens (primary N) is 1. The number of aromatic nitrogens is 2. The van der Waals surface area contributed by atoms with Crippen LogP contribution in [0.1, 0.15) is 11.1 Å². The molecule has 3 rings (SSSR count). The van der Waals surface area contributed by atoms with Crippen LogP contribution in [0.5, 0.6) is 0 Å². The van der Waals surface area contributed by atoms with Gasteiger partial charge in [-0.3, -0.25) is 5.73 Å². The molecule has 7 nitrogen and oxygen atoms in total. The lowest BCUT2D eigenvalue weighted by atomic mass is 10.2. The van der Waals surface area contributed by atoms with E-state index in [1.54, 1.807) is 34.2 Å². The average Bonchev–Trinajstić information content (AvgIpc) is 3.05. The van der Waals surface area contributed by atoms with E-state index in [4.69, 9.17) is 5.73 Å². The summed E-state index contributed by atoms with van der Waals surface area (Å²) in [4.78, 5) is 4.11. The Morgan fingerprint density at radius 1 is 0.821 bits per heavy atom. The molecule has 1 aromatic heterocycles. The molecule has 7 heteroatoms.